The largest absolute Gasteiger partial charge is 0.322 e. The van der Waals surface area contributed by atoms with Gasteiger partial charge in [0.1, 0.15) is 5.69 Å². The van der Waals surface area contributed by atoms with E-state index in [1.807, 2.05) is 35.0 Å². The van der Waals surface area contributed by atoms with Gasteiger partial charge in [-0.25, -0.2) is 0 Å². The molecule has 1 aromatic carbocycles. The number of nitrogens with one attached hydrogen (secondary N) is 2. The van der Waals surface area contributed by atoms with Crippen molar-refractivity contribution in [3.05, 3.63) is 85.2 Å². The number of hydrogen-bond donors (Lipinski definition) is 2. The van der Waals surface area contributed by atoms with Gasteiger partial charge >= 0.3 is 0 Å². The molecular weight excluding hydrogens is 410 g/mol. The van der Waals surface area contributed by atoms with Crippen LogP contribution in [-0.4, -0.2) is 16.7 Å². The second-order valence-corrected chi connectivity index (χ2v) is 7.62. The summed E-state index contributed by atoms with van der Waals surface area (Å²) < 4.78 is 0. The van der Waals surface area contributed by atoms with Crippen LogP contribution in [0.25, 0.3) is 12.2 Å². The summed E-state index contributed by atoms with van der Waals surface area (Å²) in [6, 6.07) is 11.4. The molecule has 7 nitrogen and oxygen atoms in total. The third-order valence-electron chi connectivity index (χ3n) is 3.60. The number of nitro benzene ring substituents is 1. The fourth-order valence-electron chi connectivity index (χ4n) is 2.32. The van der Waals surface area contributed by atoms with Crippen LogP contribution in [0.4, 0.5) is 17.1 Å². The van der Waals surface area contributed by atoms with Crippen molar-refractivity contribution in [2.24, 2.45) is 0 Å². The van der Waals surface area contributed by atoms with Crippen LogP contribution in [0.1, 0.15) is 9.75 Å². The Labute approximate surface area is 174 Å². The number of hydrogen-bond acceptors (Lipinski definition) is 6. The number of benzene rings is 1. The molecule has 0 atom stereocenters. The maximum absolute atomic E-state index is 12.1. The zero-order valence-corrected chi connectivity index (χ0v) is 16.5. The summed E-state index contributed by atoms with van der Waals surface area (Å²) in [4.78, 5) is 36.7. The highest BCUT2D eigenvalue weighted by Gasteiger charge is 2.16. The van der Waals surface area contributed by atoms with Crippen LogP contribution in [-0.2, 0) is 9.59 Å². The minimum absolute atomic E-state index is 0.00383. The van der Waals surface area contributed by atoms with Crippen molar-refractivity contribution in [1.82, 2.24) is 0 Å². The van der Waals surface area contributed by atoms with Crippen LogP contribution >= 0.6 is 22.7 Å². The molecule has 2 N–H and O–H groups in total. The zero-order chi connectivity index (χ0) is 20.6. The lowest BCUT2D eigenvalue weighted by atomic mass is 10.2. The molecule has 3 aromatic rings. The van der Waals surface area contributed by atoms with Crippen LogP contribution in [0, 0.1) is 10.1 Å². The third kappa shape index (κ3) is 5.96. The normalized spacial score (nSPS) is 11.0. The van der Waals surface area contributed by atoms with Gasteiger partial charge in [-0.05, 0) is 47.2 Å². The maximum atomic E-state index is 12.1. The van der Waals surface area contributed by atoms with Crippen LogP contribution < -0.4 is 10.6 Å². The van der Waals surface area contributed by atoms with Gasteiger partial charge in [0.15, 0.2) is 0 Å². The average molecular weight is 425 g/mol. The first-order valence-electron chi connectivity index (χ1n) is 8.35. The smallest absolute Gasteiger partial charge is 0.292 e. The Balaban J connectivity index is 1.72. The lowest BCUT2D eigenvalue weighted by Gasteiger charge is -2.07. The van der Waals surface area contributed by atoms with Gasteiger partial charge in [-0.1, -0.05) is 12.1 Å². The lowest BCUT2D eigenvalue weighted by Crippen LogP contribution is -2.12. The van der Waals surface area contributed by atoms with E-state index in [9.17, 15) is 19.7 Å². The van der Waals surface area contributed by atoms with Gasteiger partial charge < -0.3 is 10.6 Å². The fourth-order valence-corrected chi connectivity index (χ4v) is 3.56. The number of nitrogens with zero attached hydrogens (tertiary/aromatic N) is 1. The molecule has 0 aliphatic heterocycles. The van der Waals surface area contributed by atoms with Crippen molar-refractivity contribution in [3.8, 4) is 0 Å². The van der Waals surface area contributed by atoms with E-state index in [2.05, 4.69) is 10.6 Å². The van der Waals surface area contributed by atoms with E-state index in [-0.39, 0.29) is 17.3 Å². The Hall–Kier alpha value is -3.56. The summed E-state index contributed by atoms with van der Waals surface area (Å²) in [5, 5.41) is 20.1. The Bertz CT molecular complexity index is 1070. The molecule has 0 aliphatic rings. The van der Waals surface area contributed by atoms with E-state index in [1.54, 1.807) is 12.2 Å². The van der Waals surface area contributed by atoms with Gasteiger partial charge in [-0.3, -0.25) is 19.7 Å². The van der Waals surface area contributed by atoms with Crippen molar-refractivity contribution in [2.75, 3.05) is 10.6 Å². The summed E-state index contributed by atoms with van der Waals surface area (Å²) in [5.74, 6) is -0.898. The van der Waals surface area contributed by atoms with Crippen molar-refractivity contribution in [2.45, 2.75) is 0 Å². The van der Waals surface area contributed by atoms with Crippen molar-refractivity contribution < 1.29 is 14.5 Å². The molecule has 0 aliphatic carbocycles. The summed E-state index contributed by atoms with van der Waals surface area (Å²) in [7, 11) is 0. The minimum atomic E-state index is -0.596. The number of anilines is 2. The molecule has 0 saturated carbocycles. The molecule has 0 unspecified atom stereocenters. The fraction of sp³-hybridized carbons (Fsp3) is 0. The molecule has 3 rings (SSSR count). The lowest BCUT2D eigenvalue weighted by molar-refractivity contribution is -0.383. The third-order valence-corrected chi connectivity index (χ3v) is 5.28. The van der Waals surface area contributed by atoms with Crippen molar-refractivity contribution in [3.63, 3.8) is 0 Å². The molecule has 9 heteroatoms. The highest BCUT2D eigenvalue weighted by Crippen LogP contribution is 2.28. The van der Waals surface area contributed by atoms with Gasteiger partial charge in [-0.15, -0.1) is 22.7 Å². The Kier molecular flexibility index (Phi) is 6.67. The van der Waals surface area contributed by atoms with Crippen molar-refractivity contribution >= 4 is 63.7 Å². The minimum Gasteiger partial charge on any atom is -0.322 e. The molecular formula is C20H15N3O4S2. The molecule has 0 fully saturated rings. The number of nitro groups is 1. The van der Waals surface area contributed by atoms with E-state index in [0.29, 0.717) is 5.69 Å². The molecule has 146 valence electrons. The number of rotatable bonds is 7. The topological polar surface area (TPSA) is 101 Å². The number of carbonyl (C=O) groups excluding carboxylic acids is 2. The van der Waals surface area contributed by atoms with E-state index in [1.165, 1.54) is 53.0 Å². The van der Waals surface area contributed by atoms with Crippen LogP contribution in [0.5, 0.6) is 0 Å². The van der Waals surface area contributed by atoms with Gasteiger partial charge in [0.05, 0.1) is 4.92 Å². The number of carbonyl (C=O) groups is 2. The van der Waals surface area contributed by atoms with E-state index in [0.717, 1.165) is 9.75 Å². The first-order valence-corrected chi connectivity index (χ1v) is 10.1. The number of thiophene rings is 2. The Morgan fingerprint density at radius 2 is 1.48 bits per heavy atom. The SMILES string of the molecule is O=C(/C=C\c1cccs1)Nc1ccc([N+](=O)[O-])c(NC(=O)/C=C\c2cccs2)c1. The van der Waals surface area contributed by atoms with E-state index in [4.69, 9.17) is 0 Å². The predicted octanol–water partition coefficient (Wildman–Crippen LogP) is 5.02. The molecule has 0 spiro atoms. The zero-order valence-electron chi connectivity index (χ0n) is 14.9. The molecule has 0 bridgehead atoms. The van der Waals surface area contributed by atoms with Crippen LogP contribution in [0.2, 0.25) is 0 Å². The first-order chi connectivity index (χ1) is 14.0. The summed E-state index contributed by atoms with van der Waals surface area (Å²) in [6.07, 6.45) is 5.95. The van der Waals surface area contributed by atoms with Gasteiger partial charge in [0.2, 0.25) is 11.8 Å². The molecule has 2 heterocycles. The summed E-state index contributed by atoms with van der Waals surface area (Å²) in [5.41, 5.74) is 0.0554. The number of amides is 2. The van der Waals surface area contributed by atoms with E-state index < -0.39 is 10.8 Å². The van der Waals surface area contributed by atoms with Gasteiger partial charge in [-0.2, -0.15) is 0 Å². The summed E-state index contributed by atoms with van der Waals surface area (Å²) in [6.45, 7) is 0. The second kappa shape index (κ2) is 9.58. The monoisotopic (exact) mass is 425 g/mol. The van der Waals surface area contributed by atoms with Crippen molar-refractivity contribution in [1.29, 1.82) is 0 Å². The van der Waals surface area contributed by atoms with E-state index >= 15 is 0 Å². The quantitative estimate of drug-likeness (QED) is 0.315. The molecule has 29 heavy (non-hydrogen) atoms. The molecule has 0 radical (unpaired) electrons. The highest BCUT2D eigenvalue weighted by atomic mass is 32.1. The van der Waals surface area contributed by atoms with Crippen LogP contribution in [0.15, 0.2) is 65.4 Å². The Morgan fingerprint density at radius 3 is 2.00 bits per heavy atom. The second-order valence-electron chi connectivity index (χ2n) is 5.67. The molecule has 2 amide bonds. The van der Waals surface area contributed by atoms with Crippen LogP contribution in [0.3, 0.4) is 0 Å². The average Bonchev–Trinajstić information content (AvgIpc) is 3.38. The highest BCUT2D eigenvalue weighted by molar-refractivity contribution is 7.11. The standard InChI is InChI=1S/C20H15N3O4S2/c24-19(9-6-15-3-1-11-28-15)21-14-5-8-18(23(26)27)17(13-14)22-20(25)10-7-16-4-2-12-29-16/h1-13H,(H,21,24)(H,22,25)/b9-6-,10-7-. The Morgan fingerprint density at radius 1 is 0.897 bits per heavy atom. The summed E-state index contributed by atoms with van der Waals surface area (Å²) >= 11 is 2.96. The molecule has 2 aromatic heterocycles. The van der Waals surface area contributed by atoms with Gasteiger partial charge in [0.25, 0.3) is 5.69 Å². The maximum Gasteiger partial charge on any atom is 0.292 e. The predicted molar refractivity (Wildman–Crippen MR) is 117 cm³/mol. The molecule has 0 saturated heterocycles. The first kappa shape index (κ1) is 20.2. The van der Waals surface area contributed by atoms with Gasteiger partial charge in [0, 0.05) is 33.7 Å².